The maximum absolute atomic E-state index is 13.4. The lowest BCUT2D eigenvalue weighted by Crippen LogP contribution is -2.21. The quantitative estimate of drug-likeness (QED) is 0.756. The Bertz CT molecular complexity index is 471. The minimum atomic E-state index is -3.52. The molecule has 0 unspecified atom stereocenters. The summed E-state index contributed by atoms with van der Waals surface area (Å²) in [6, 6.07) is 9.05. The van der Waals surface area contributed by atoms with E-state index in [0.717, 1.165) is 11.8 Å². The SMILES string of the molecule is CS(=O)(=O)OC[C@@]1(c2ccccc2)C[C@@H]1F. The number of hydrogen-bond acceptors (Lipinski definition) is 3. The van der Waals surface area contributed by atoms with Crippen LogP contribution in [-0.2, 0) is 19.7 Å². The molecule has 1 aliphatic rings. The van der Waals surface area contributed by atoms with Crippen LogP contribution in [0.2, 0.25) is 0 Å². The second-order valence-electron chi connectivity index (χ2n) is 4.16. The summed E-state index contributed by atoms with van der Waals surface area (Å²) in [6.07, 6.45) is 0.282. The van der Waals surface area contributed by atoms with Gasteiger partial charge in [-0.3, -0.25) is 4.18 Å². The Hall–Kier alpha value is -0.940. The molecule has 0 bridgehead atoms. The van der Waals surface area contributed by atoms with Crippen molar-refractivity contribution in [2.24, 2.45) is 0 Å². The molecule has 0 saturated heterocycles. The smallest absolute Gasteiger partial charge is 0.264 e. The molecule has 2 atom stereocenters. The Morgan fingerprint density at radius 3 is 2.44 bits per heavy atom. The van der Waals surface area contributed by atoms with Crippen LogP contribution in [0.3, 0.4) is 0 Å². The van der Waals surface area contributed by atoms with E-state index in [-0.39, 0.29) is 6.61 Å². The summed E-state index contributed by atoms with van der Waals surface area (Å²) in [5.41, 5.74) is 0.0378. The van der Waals surface area contributed by atoms with E-state index in [1.54, 1.807) is 12.1 Å². The van der Waals surface area contributed by atoms with E-state index in [2.05, 4.69) is 0 Å². The van der Waals surface area contributed by atoms with Gasteiger partial charge in [0.25, 0.3) is 10.1 Å². The van der Waals surface area contributed by atoms with Crippen molar-refractivity contribution in [3.63, 3.8) is 0 Å². The summed E-state index contributed by atoms with van der Waals surface area (Å²) in [5, 5.41) is 0. The molecule has 2 rings (SSSR count). The van der Waals surface area contributed by atoms with Crippen LogP contribution < -0.4 is 0 Å². The zero-order valence-electron chi connectivity index (χ0n) is 8.89. The van der Waals surface area contributed by atoms with Crippen molar-refractivity contribution in [3.8, 4) is 0 Å². The van der Waals surface area contributed by atoms with Crippen LogP contribution in [0.4, 0.5) is 4.39 Å². The molecule has 5 heteroatoms. The third-order valence-electron chi connectivity index (χ3n) is 2.86. The first-order valence-electron chi connectivity index (χ1n) is 4.98. The van der Waals surface area contributed by atoms with Crippen LogP contribution >= 0.6 is 0 Å². The number of alkyl halides is 1. The summed E-state index contributed by atoms with van der Waals surface area (Å²) in [6.45, 7) is -0.114. The zero-order valence-corrected chi connectivity index (χ0v) is 9.71. The molecule has 88 valence electrons. The maximum atomic E-state index is 13.4. The maximum Gasteiger partial charge on any atom is 0.264 e. The largest absolute Gasteiger partial charge is 0.269 e. The standard InChI is InChI=1S/C11H13FO3S/c1-16(13,14)15-8-11(7-10(11)12)9-5-3-2-4-6-9/h2-6,10H,7-8H2,1H3/t10-,11+/m0/s1. The Balaban J connectivity index is 2.16. The van der Waals surface area contributed by atoms with E-state index in [9.17, 15) is 12.8 Å². The molecule has 1 aliphatic carbocycles. The van der Waals surface area contributed by atoms with Gasteiger partial charge in [-0.15, -0.1) is 0 Å². The molecular formula is C11H13FO3S. The Labute approximate surface area is 94.4 Å². The number of rotatable bonds is 4. The first kappa shape index (κ1) is 11.5. The van der Waals surface area contributed by atoms with Crippen molar-refractivity contribution in [2.75, 3.05) is 12.9 Å². The third-order valence-corrected chi connectivity index (χ3v) is 3.41. The highest BCUT2D eigenvalue weighted by Crippen LogP contribution is 2.51. The Morgan fingerprint density at radius 1 is 1.44 bits per heavy atom. The predicted molar refractivity (Wildman–Crippen MR) is 58.4 cm³/mol. The second-order valence-corrected chi connectivity index (χ2v) is 5.80. The molecule has 1 saturated carbocycles. The average Bonchev–Trinajstić information content (AvgIpc) is 2.89. The van der Waals surface area contributed by atoms with Crippen molar-refractivity contribution < 1.29 is 17.0 Å². The van der Waals surface area contributed by atoms with Crippen LogP contribution in [-0.4, -0.2) is 27.5 Å². The Kier molecular flexibility index (Phi) is 2.75. The summed E-state index contributed by atoms with van der Waals surface area (Å²) in [7, 11) is -3.52. The molecule has 1 aromatic rings. The van der Waals surface area contributed by atoms with Gasteiger partial charge in [0.05, 0.1) is 18.3 Å². The van der Waals surface area contributed by atoms with Crippen molar-refractivity contribution in [1.29, 1.82) is 0 Å². The van der Waals surface area contributed by atoms with Gasteiger partial charge in [0.1, 0.15) is 6.17 Å². The van der Waals surface area contributed by atoms with Gasteiger partial charge in [-0.2, -0.15) is 8.42 Å². The lowest BCUT2D eigenvalue weighted by molar-refractivity contribution is 0.261. The van der Waals surface area contributed by atoms with Crippen molar-refractivity contribution >= 4 is 10.1 Å². The van der Waals surface area contributed by atoms with E-state index >= 15 is 0 Å². The van der Waals surface area contributed by atoms with Crippen molar-refractivity contribution in [1.82, 2.24) is 0 Å². The van der Waals surface area contributed by atoms with Crippen LogP contribution in [0.25, 0.3) is 0 Å². The fourth-order valence-corrected chi connectivity index (χ4v) is 2.20. The average molecular weight is 244 g/mol. The van der Waals surface area contributed by atoms with Crippen LogP contribution in [0, 0.1) is 0 Å². The molecule has 0 radical (unpaired) electrons. The van der Waals surface area contributed by atoms with Gasteiger partial charge in [0, 0.05) is 0 Å². The zero-order chi connectivity index (χ0) is 11.8. The number of benzene rings is 1. The lowest BCUT2D eigenvalue weighted by atomic mass is 9.97. The molecule has 0 amide bonds. The molecule has 1 fully saturated rings. The minimum Gasteiger partial charge on any atom is -0.269 e. The molecule has 16 heavy (non-hydrogen) atoms. The van der Waals surface area contributed by atoms with E-state index in [0.29, 0.717) is 6.42 Å². The van der Waals surface area contributed by atoms with Gasteiger partial charge in [0.15, 0.2) is 0 Å². The van der Waals surface area contributed by atoms with Crippen molar-refractivity contribution in [2.45, 2.75) is 18.0 Å². The van der Waals surface area contributed by atoms with E-state index in [1.807, 2.05) is 18.2 Å². The summed E-state index contributed by atoms with van der Waals surface area (Å²) in [5.74, 6) is 0. The van der Waals surface area contributed by atoms with E-state index in [1.165, 1.54) is 0 Å². The van der Waals surface area contributed by atoms with Crippen LogP contribution in [0.1, 0.15) is 12.0 Å². The molecule has 0 aromatic heterocycles. The van der Waals surface area contributed by atoms with Crippen LogP contribution in [0.5, 0.6) is 0 Å². The minimum absolute atomic E-state index is 0.114. The van der Waals surface area contributed by atoms with Gasteiger partial charge in [-0.1, -0.05) is 30.3 Å². The topological polar surface area (TPSA) is 43.4 Å². The fourth-order valence-electron chi connectivity index (χ4n) is 1.77. The highest BCUT2D eigenvalue weighted by atomic mass is 32.2. The third kappa shape index (κ3) is 2.25. The number of halogens is 1. The van der Waals surface area contributed by atoms with Crippen LogP contribution in [0.15, 0.2) is 30.3 Å². The molecule has 0 N–H and O–H groups in total. The summed E-state index contributed by atoms with van der Waals surface area (Å²) in [4.78, 5) is 0. The van der Waals surface area contributed by atoms with E-state index < -0.39 is 21.7 Å². The van der Waals surface area contributed by atoms with E-state index in [4.69, 9.17) is 4.18 Å². The normalized spacial score (nSPS) is 29.0. The first-order chi connectivity index (χ1) is 7.44. The highest BCUT2D eigenvalue weighted by Gasteiger charge is 2.57. The lowest BCUT2D eigenvalue weighted by Gasteiger charge is -2.14. The predicted octanol–water partition coefficient (Wildman–Crippen LogP) is 1.64. The van der Waals surface area contributed by atoms with Gasteiger partial charge >= 0.3 is 0 Å². The molecule has 0 spiro atoms. The summed E-state index contributed by atoms with van der Waals surface area (Å²) >= 11 is 0. The van der Waals surface area contributed by atoms with Gasteiger partial charge in [0.2, 0.25) is 0 Å². The van der Waals surface area contributed by atoms with Gasteiger partial charge in [-0.25, -0.2) is 4.39 Å². The molecule has 0 aliphatic heterocycles. The van der Waals surface area contributed by atoms with Crippen molar-refractivity contribution in [3.05, 3.63) is 35.9 Å². The summed E-state index contributed by atoms with van der Waals surface area (Å²) < 4.78 is 39.9. The molecule has 3 nitrogen and oxygen atoms in total. The monoisotopic (exact) mass is 244 g/mol. The van der Waals surface area contributed by atoms with Gasteiger partial charge < -0.3 is 0 Å². The van der Waals surface area contributed by atoms with Gasteiger partial charge in [-0.05, 0) is 12.0 Å². The number of hydrogen-bond donors (Lipinski definition) is 0. The first-order valence-corrected chi connectivity index (χ1v) is 6.80. The highest BCUT2D eigenvalue weighted by molar-refractivity contribution is 7.85. The molecule has 0 heterocycles. The molecular weight excluding hydrogens is 231 g/mol. The molecule has 1 aromatic carbocycles. The fraction of sp³-hybridized carbons (Fsp3) is 0.455. The second kappa shape index (κ2) is 3.82. The Morgan fingerprint density at radius 2 is 2.00 bits per heavy atom.